The van der Waals surface area contributed by atoms with Gasteiger partial charge in [-0.1, -0.05) is 34.7 Å². The van der Waals surface area contributed by atoms with Crippen molar-refractivity contribution in [3.05, 3.63) is 88.5 Å². The van der Waals surface area contributed by atoms with E-state index in [-0.39, 0.29) is 11.4 Å². The van der Waals surface area contributed by atoms with Gasteiger partial charge in [0.1, 0.15) is 0 Å². The summed E-state index contributed by atoms with van der Waals surface area (Å²) in [7, 11) is 0. The second-order valence-corrected chi connectivity index (χ2v) is 8.38. The summed E-state index contributed by atoms with van der Waals surface area (Å²) in [6, 6.07) is 12.6. The van der Waals surface area contributed by atoms with Crippen LogP contribution in [0.15, 0.2) is 53.7 Å². The van der Waals surface area contributed by atoms with Crippen molar-refractivity contribution in [3.63, 3.8) is 0 Å². The summed E-state index contributed by atoms with van der Waals surface area (Å²) < 4.78 is 28.4. The Labute approximate surface area is 193 Å². The van der Waals surface area contributed by atoms with Crippen molar-refractivity contribution in [2.75, 3.05) is 5.32 Å². The third-order valence-corrected chi connectivity index (χ3v) is 5.59. The molecule has 2 aromatic heterocycles. The molecule has 0 fully saturated rings. The summed E-state index contributed by atoms with van der Waals surface area (Å²) >= 11 is 1.35. The van der Waals surface area contributed by atoms with E-state index in [2.05, 4.69) is 25.6 Å². The Morgan fingerprint density at radius 2 is 1.67 bits per heavy atom. The minimum Gasteiger partial charge on any atom is -0.320 e. The van der Waals surface area contributed by atoms with Crippen molar-refractivity contribution in [1.82, 2.24) is 25.0 Å². The first kappa shape index (κ1) is 22.5. The molecular formula is C23H20F2N6OS. The molecule has 7 nitrogen and oxygen atoms in total. The Morgan fingerprint density at radius 3 is 2.33 bits per heavy atom. The number of aryl methyl sites for hydroxylation is 3. The predicted octanol–water partition coefficient (Wildman–Crippen LogP) is 4.81. The number of aromatic nitrogens is 5. The van der Waals surface area contributed by atoms with E-state index in [1.807, 2.05) is 51.1 Å². The number of nitrogens with one attached hydrogen (secondary N) is 1. The topological polar surface area (TPSA) is 85.6 Å². The van der Waals surface area contributed by atoms with E-state index in [1.165, 1.54) is 17.8 Å². The Hall–Kier alpha value is -3.66. The van der Waals surface area contributed by atoms with Gasteiger partial charge in [-0.3, -0.25) is 4.79 Å². The first-order valence-electron chi connectivity index (χ1n) is 10.0. The van der Waals surface area contributed by atoms with Crippen LogP contribution in [0.1, 0.15) is 33.1 Å². The molecule has 4 rings (SSSR count). The normalized spacial score (nSPS) is 10.9. The number of hydrogen-bond donors (Lipinski definition) is 1. The molecule has 0 saturated heterocycles. The third kappa shape index (κ3) is 5.23. The van der Waals surface area contributed by atoms with Gasteiger partial charge in [0.15, 0.2) is 22.5 Å². The SMILES string of the molecule is Cc1ccc(-n2nnc(C(=O)Nc3ccc(F)c(F)c3)c2CSc2nc(C)cc(C)n2)cc1. The number of carbonyl (C=O) groups is 1. The lowest BCUT2D eigenvalue weighted by Crippen LogP contribution is -2.15. The van der Waals surface area contributed by atoms with Crippen LogP contribution in [-0.2, 0) is 5.75 Å². The molecule has 0 radical (unpaired) electrons. The number of rotatable bonds is 6. The molecular weight excluding hydrogens is 446 g/mol. The fraction of sp³-hybridized carbons (Fsp3) is 0.174. The van der Waals surface area contributed by atoms with Gasteiger partial charge in [0.05, 0.1) is 11.4 Å². The monoisotopic (exact) mass is 466 g/mol. The fourth-order valence-corrected chi connectivity index (χ4v) is 4.10. The zero-order valence-electron chi connectivity index (χ0n) is 18.1. The average molecular weight is 467 g/mol. The predicted molar refractivity (Wildman–Crippen MR) is 121 cm³/mol. The molecule has 0 saturated carbocycles. The number of carbonyl (C=O) groups excluding carboxylic acids is 1. The Balaban J connectivity index is 1.67. The van der Waals surface area contributed by atoms with Crippen molar-refractivity contribution in [2.24, 2.45) is 0 Å². The van der Waals surface area contributed by atoms with Gasteiger partial charge in [0.25, 0.3) is 5.91 Å². The molecule has 1 N–H and O–H groups in total. The molecule has 0 aliphatic heterocycles. The minimum absolute atomic E-state index is 0.0668. The quantitative estimate of drug-likeness (QED) is 0.324. The molecule has 0 unspecified atom stereocenters. The summed E-state index contributed by atoms with van der Waals surface area (Å²) in [4.78, 5) is 21.8. The highest BCUT2D eigenvalue weighted by atomic mass is 32.2. The van der Waals surface area contributed by atoms with Crippen LogP contribution in [0.5, 0.6) is 0 Å². The number of anilines is 1. The van der Waals surface area contributed by atoms with E-state index >= 15 is 0 Å². The van der Waals surface area contributed by atoms with Gasteiger partial charge in [0.2, 0.25) is 0 Å². The van der Waals surface area contributed by atoms with Gasteiger partial charge in [-0.25, -0.2) is 23.4 Å². The van der Waals surface area contributed by atoms with Gasteiger partial charge < -0.3 is 5.32 Å². The van der Waals surface area contributed by atoms with Crippen molar-refractivity contribution < 1.29 is 13.6 Å². The minimum atomic E-state index is -1.06. The van der Waals surface area contributed by atoms with Crippen LogP contribution >= 0.6 is 11.8 Å². The molecule has 168 valence electrons. The summed E-state index contributed by atoms with van der Waals surface area (Å²) in [5.74, 6) is -2.33. The summed E-state index contributed by atoms with van der Waals surface area (Å²) in [5, 5.41) is 11.4. The smallest absolute Gasteiger partial charge is 0.278 e. The van der Waals surface area contributed by atoms with Gasteiger partial charge in [0, 0.05) is 28.9 Å². The molecule has 0 bridgehead atoms. The molecule has 2 heterocycles. The summed E-state index contributed by atoms with van der Waals surface area (Å²) in [5.41, 5.74) is 4.19. The number of benzene rings is 2. The Bertz CT molecular complexity index is 1300. The molecule has 2 aromatic carbocycles. The van der Waals surface area contributed by atoms with E-state index < -0.39 is 17.5 Å². The van der Waals surface area contributed by atoms with Crippen molar-refractivity contribution >= 4 is 23.4 Å². The largest absolute Gasteiger partial charge is 0.320 e. The zero-order chi connectivity index (χ0) is 23.5. The maximum atomic E-state index is 13.6. The van der Waals surface area contributed by atoms with Crippen LogP contribution < -0.4 is 5.32 Å². The van der Waals surface area contributed by atoms with Crippen LogP contribution in [0.4, 0.5) is 14.5 Å². The van der Waals surface area contributed by atoms with E-state index in [0.29, 0.717) is 16.6 Å². The molecule has 0 aliphatic carbocycles. The number of halogens is 2. The van der Waals surface area contributed by atoms with E-state index in [9.17, 15) is 13.6 Å². The van der Waals surface area contributed by atoms with Crippen LogP contribution in [0, 0.1) is 32.4 Å². The first-order chi connectivity index (χ1) is 15.8. The highest BCUT2D eigenvalue weighted by molar-refractivity contribution is 7.98. The van der Waals surface area contributed by atoms with Gasteiger partial charge in [-0.2, -0.15) is 0 Å². The second kappa shape index (κ2) is 9.45. The van der Waals surface area contributed by atoms with Crippen molar-refractivity contribution in [3.8, 4) is 5.69 Å². The van der Waals surface area contributed by atoms with Gasteiger partial charge in [-0.05, 0) is 51.1 Å². The lowest BCUT2D eigenvalue weighted by atomic mass is 10.2. The fourth-order valence-electron chi connectivity index (χ4n) is 3.16. The molecule has 0 atom stereocenters. The first-order valence-corrected chi connectivity index (χ1v) is 11.0. The standard InChI is InChI=1S/C23H20F2N6OS/c1-13-4-7-17(8-5-13)31-20(12-33-23-26-14(2)10-15(3)27-23)21(29-30-31)22(32)28-16-6-9-18(24)19(25)11-16/h4-11H,12H2,1-3H3,(H,28,32). The van der Waals surface area contributed by atoms with Crippen molar-refractivity contribution in [2.45, 2.75) is 31.7 Å². The molecule has 33 heavy (non-hydrogen) atoms. The highest BCUT2D eigenvalue weighted by Gasteiger charge is 2.22. The third-order valence-electron chi connectivity index (χ3n) is 4.73. The molecule has 0 aliphatic rings. The lowest BCUT2D eigenvalue weighted by Gasteiger charge is -2.09. The maximum absolute atomic E-state index is 13.6. The van der Waals surface area contributed by atoms with Crippen molar-refractivity contribution in [1.29, 1.82) is 0 Å². The number of hydrogen-bond acceptors (Lipinski definition) is 6. The number of thioether (sulfide) groups is 1. The Morgan fingerprint density at radius 1 is 0.970 bits per heavy atom. The average Bonchev–Trinajstić information content (AvgIpc) is 3.19. The molecule has 4 aromatic rings. The van der Waals surface area contributed by atoms with Gasteiger partial charge in [-0.15, -0.1) is 5.10 Å². The number of nitrogens with zero attached hydrogens (tertiary/aromatic N) is 5. The second-order valence-electron chi connectivity index (χ2n) is 7.44. The Kier molecular flexibility index (Phi) is 6.45. The maximum Gasteiger partial charge on any atom is 0.278 e. The van der Waals surface area contributed by atoms with Crippen LogP contribution in [0.2, 0.25) is 0 Å². The molecule has 1 amide bonds. The summed E-state index contributed by atoms with van der Waals surface area (Å²) in [6.45, 7) is 5.75. The molecule has 10 heteroatoms. The zero-order valence-corrected chi connectivity index (χ0v) is 19.0. The van der Waals surface area contributed by atoms with Crippen LogP contribution in [-0.4, -0.2) is 30.9 Å². The van der Waals surface area contributed by atoms with E-state index in [1.54, 1.807) is 4.68 Å². The highest BCUT2D eigenvalue weighted by Crippen LogP contribution is 2.24. The van der Waals surface area contributed by atoms with Gasteiger partial charge >= 0.3 is 0 Å². The van der Waals surface area contributed by atoms with Crippen LogP contribution in [0.25, 0.3) is 5.69 Å². The van der Waals surface area contributed by atoms with E-state index in [4.69, 9.17) is 0 Å². The summed E-state index contributed by atoms with van der Waals surface area (Å²) in [6.07, 6.45) is 0. The van der Waals surface area contributed by atoms with E-state index in [0.717, 1.165) is 34.8 Å². The molecule has 0 spiro atoms. The lowest BCUT2D eigenvalue weighted by molar-refractivity contribution is 0.102. The number of amides is 1. The van der Waals surface area contributed by atoms with Crippen LogP contribution in [0.3, 0.4) is 0 Å².